The van der Waals surface area contributed by atoms with Crippen molar-refractivity contribution < 1.29 is 9.59 Å². The van der Waals surface area contributed by atoms with E-state index in [2.05, 4.69) is 17.2 Å². The van der Waals surface area contributed by atoms with E-state index in [1.54, 1.807) is 18.4 Å². The zero-order chi connectivity index (χ0) is 22.8. The highest BCUT2D eigenvalue weighted by atomic mass is 32.1. The van der Waals surface area contributed by atoms with Crippen LogP contribution in [0.15, 0.2) is 35.4 Å². The van der Waals surface area contributed by atoms with Gasteiger partial charge in [0.05, 0.1) is 18.3 Å². The van der Waals surface area contributed by atoms with Crippen molar-refractivity contribution in [2.45, 2.75) is 46.1 Å². The molecule has 3 aromatic rings. The highest BCUT2D eigenvalue weighted by Gasteiger charge is 2.24. The highest BCUT2D eigenvalue weighted by Crippen LogP contribution is 2.35. The van der Waals surface area contributed by atoms with Crippen LogP contribution in [0.5, 0.6) is 0 Å². The Morgan fingerprint density at radius 3 is 2.88 bits per heavy atom. The molecule has 0 spiro atoms. The van der Waals surface area contributed by atoms with Gasteiger partial charge in [-0.05, 0) is 48.8 Å². The molecular weight excluding hydrogens is 424 g/mol. The van der Waals surface area contributed by atoms with Gasteiger partial charge in [0.2, 0.25) is 11.8 Å². The summed E-state index contributed by atoms with van der Waals surface area (Å²) >= 11 is 1.59. The Balaban J connectivity index is 1.46. The van der Waals surface area contributed by atoms with Gasteiger partial charge in [0.1, 0.15) is 11.4 Å². The lowest BCUT2D eigenvalue weighted by molar-refractivity contribution is -0.133. The van der Waals surface area contributed by atoms with Crippen LogP contribution in [0.25, 0.3) is 10.2 Å². The van der Waals surface area contributed by atoms with Crippen molar-refractivity contribution in [3.05, 3.63) is 57.0 Å². The second-order valence-corrected chi connectivity index (χ2v) is 9.60. The first-order chi connectivity index (χ1) is 15.4. The van der Waals surface area contributed by atoms with E-state index >= 15 is 0 Å². The predicted octanol–water partition coefficient (Wildman–Crippen LogP) is 3.24. The van der Waals surface area contributed by atoms with Crippen LogP contribution in [0.1, 0.15) is 36.3 Å². The van der Waals surface area contributed by atoms with Crippen LogP contribution in [0.3, 0.4) is 0 Å². The van der Waals surface area contributed by atoms with Gasteiger partial charge in [-0.25, -0.2) is 4.98 Å². The summed E-state index contributed by atoms with van der Waals surface area (Å²) in [4.78, 5) is 46.1. The standard InChI is InChI=1S/C24H28N4O3S/c1-4-16-7-5-6-8-18(16)26-20(29)12-27(3)21(30)13-28-14-25-23-22(24(28)31)17-10-9-15(2)11-19(17)32-23/h5-8,14-15H,4,9-13H2,1-3H3,(H,26,29). The van der Waals surface area contributed by atoms with Crippen molar-refractivity contribution in [2.75, 3.05) is 18.9 Å². The zero-order valence-corrected chi connectivity index (χ0v) is 19.5. The molecule has 0 bridgehead atoms. The molecule has 4 rings (SSSR count). The number of para-hydroxylation sites is 1. The van der Waals surface area contributed by atoms with Crippen LogP contribution < -0.4 is 10.9 Å². The maximum atomic E-state index is 13.1. The minimum atomic E-state index is -0.315. The molecule has 0 aliphatic heterocycles. The first kappa shape index (κ1) is 22.2. The number of hydrogen-bond acceptors (Lipinski definition) is 5. The van der Waals surface area contributed by atoms with Crippen LogP contribution in [0.4, 0.5) is 5.69 Å². The summed E-state index contributed by atoms with van der Waals surface area (Å²) in [5.41, 5.74) is 2.72. The molecule has 1 N–H and O–H groups in total. The summed E-state index contributed by atoms with van der Waals surface area (Å²) in [6.45, 7) is 4.02. The molecule has 1 aromatic carbocycles. The molecule has 1 atom stereocenters. The maximum absolute atomic E-state index is 13.1. The molecular formula is C24H28N4O3S. The largest absolute Gasteiger partial charge is 0.335 e. The molecule has 1 unspecified atom stereocenters. The Morgan fingerprint density at radius 1 is 1.31 bits per heavy atom. The number of likely N-dealkylation sites (N-methyl/N-ethyl adjacent to an activating group) is 1. The van der Waals surface area contributed by atoms with Crippen molar-refractivity contribution in [1.29, 1.82) is 0 Å². The van der Waals surface area contributed by atoms with Crippen LogP contribution in [0.2, 0.25) is 0 Å². The fourth-order valence-electron chi connectivity index (χ4n) is 4.19. The van der Waals surface area contributed by atoms with E-state index in [9.17, 15) is 14.4 Å². The van der Waals surface area contributed by atoms with E-state index in [1.807, 2.05) is 31.2 Å². The van der Waals surface area contributed by atoms with E-state index in [0.717, 1.165) is 47.3 Å². The van der Waals surface area contributed by atoms with Gasteiger partial charge < -0.3 is 10.2 Å². The van der Waals surface area contributed by atoms with E-state index in [4.69, 9.17) is 0 Å². The third-order valence-corrected chi connectivity index (χ3v) is 7.23. The lowest BCUT2D eigenvalue weighted by atomic mass is 9.89. The molecule has 32 heavy (non-hydrogen) atoms. The molecule has 0 fully saturated rings. The number of aryl methyl sites for hydroxylation is 2. The number of aromatic nitrogens is 2. The lowest BCUT2D eigenvalue weighted by Gasteiger charge is -2.18. The molecule has 7 nitrogen and oxygen atoms in total. The molecule has 1 aliphatic carbocycles. The van der Waals surface area contributed by atoms with Crippen LogP contribution in [-0.2, 0) is 35.4 Å². The second-order valence-electron chi connectivity index (χ2n) is 8.52. The number of hydrogen-bond donors (Lipinski definition) is 1. The molecule has 0 radical (unpaired) electrons. The minimum absolute atomic E-state index is 0.0902. The molecule has 1 aliphatic rings. The van der Waals surface area contributed by atoms with Gasteiger partial charge in [-0.1, -0.05) is 32.0 Å². The maximum Gasteiger partial charge on any atom is 0.262 e. The number of nitrogens with one attached hydrogen (secondary N) is 1. The Labute approximate surface area is 191 Å². The number of amides is 2. The SMILES string of the molecule is CCc1ccccc1NC(=O)CN(C)C(=O)Cn1cnc2sc3c(c2c1=O)CCC(C)C3. The van der Waals surface area contributed by atoms with Gasteiger partial charge in [0.25, 0.3) is 5.56 Å². The number of anilines is 1. The predicted molar refractivity (Wildman–Crippen MR) is 127 cm³/mol. The number of benzene rings is 1. The summed E-state index contributed by atoms with van der Waals surface area (Å²) in [6, 6.07) is 7.60. The zero-order valence-electron chi connectivity index (χ0n) is 18.7. The van der Waals surface area contributed by atoms with E-state index in [1.165, 1.54) is 20.7 Å². The van der Waals surface area contributed by atoms with Crippen molar-refractivity contribution >= 4 is 39.1 Å². The Bertz CT molecular complexity index is 1230. The monoisotopic (exact) mass is 452 g/mol. The first-order valence-corrected chi connectivity index (χ1v) is 11.8. The van der Waals surface area contributed by atoms with Crippen molar-refractivity contribution in [3.8, 4) is 0 Å². The lowest BCUT2D eigenvalue weighted by Crippen LogP contribution is -2.38. The number of fused-ring (bicyclic) bond motifs is 3. The fourth-order valence-corrected chi connectivity index (χ4v) is 5.53. The van der Waals surface area contributed by atoms with Gasteiger partial charge in [-0.2, -0.15) is 0 Å². The molecule has 2 heterocycles. The van der Waals surface area contributed by atoms with Gasteiger partial charge in [0.15, 0.2) is 0 Å². The Hall–Kier alpha value is -3.00. The first-order valence-electron chi connectivity index (χ1n) is 11.0. The average molecular weight is 453 g/mol. The van der Waals surface area contributed by atoms with Crippen LogP contribution in [0, 0.1) is 5.92 Å². The summed E-state index contributed by atoms with van der Waals surface area (Å²) in [6.07, 6.45) is 5.16. The summed E-state index contributed by atoms with van der Waals surface area (Å²) in [5.74, 6) is 0.0250. The summed E-state index contributed by atoms with van der Waals surface area (Å²) in [5, 5.41) is 3.52. The van der Waals surface area contributed by atoms with Crippen LogP contribution in [-0.4, -0.2) is 39.9 Å². The molecule has 2 amide bonds. The van der Waals surface area contributed by atoms with E-state index < -0.39 is 0 Å². The number of nitrogens with zero attached hydrogens (tertiary/aromatic N) is 3. The van der Waals surface area contributed by atoms with Gasteiger partial charge >= 0.3 is 0 Å². The molecule has 0 saturated carbocycles. The Kier molecular flexibility index (Phi) is 6.41. The highest BCUT2D eigenvalue weighted by molar-refractivity contribution is 7.18. The number of rotatable bonds is 6. The van der Waals surface area contributed by atoms with Crippen molar-refractivity contribution in [3.63, 3.8) is 0 Å². The van der Waals surface area contributed by atoms with Crippen LogP contribution >= 0.6 is 11.3 Å². The summed E-state index contributed by atoms with van der Waals surface area (Å²) in [7, 11) is 1.57. The normalized spacial score (nSPS) is 15.4. The number of carbonyl (C=O) groups excluding carboxylic acids is 2. The second kappa shape index (κ2) is 9.24. The number of thiophene rings is 1. The third kappa shape index (κ3) is 4.46. The quantitative estimate of drug-likeness (QED) is 0.622. The molecule has 168 valence electrons. The molecule has 8 heteroatoms. The molecule has 0 saturated heterocycles. The van der Waals surface area contributed by atoms with E-state index in [0.29, 0.717) is 11.3 Å². The van der Waals surface area contributed by atoms with Gasteiger partial charge in [0, 0.05) is 17.6 Å². The topological polar surface area (TPSA) is 84.3 Å². The van der Waals surface area contributed by atoms with Gasteiger partial charge in [-0.15, -0.1) is 11.3 Å². The van der Waals surface area contributed by atoms with E-state index in [-0.39, 0.29) is 30.5 Å². The third-order valence-electron chi connectivity index (χ3n) is 6.07. The summed E-state index contributed by atoms with van der Waals surface area (Å²) < 4.78 is 1.36. The fraction of sp³-hybridized carbons (Fsp3) is 0.417. The molecule has 2 aromatic heterocycles. The van der Waals surface area contributed by atoms with Gasteiger partial charge in [-0.3, -0.25) is 19.0 Å². The minimum Gasteiger partial charge on any atom is -0.335 e. The van der Waals surface area contributed by atoms with Crippen molar-refractivity contribution in [2.24, 2.45) is 5.92 Å². The Morgan fingerprint density at radius 2 is 2.09 bits per heavy atom. The van der Waals surface area contributed by atoms with Crippen molar-refractivity contribution in [1.82, 2.24) is 14.5 Å². The smallest absolute Gasteiger partial charge is 0.262 e. The average Bonchev–Trinajstić information content (AvgIpc) is 3.14. The number of carbonyl (C=O) groups is 2.